The number of hydrogen-bond donors (Lipinski definition) is 1. The number of rotatable bonds is 6. The molecule has 0 bridgehead atoms. The van der Waals surface area contributed by atoms with Gasteiger partial charge in [0.1, 0.15) is 24.7 Å². The minimum atomic E-state index is 0.0176. The molecule has 1 heterocycles. The number of ether oxygens (including phenoxy) is 1. The smallest absolute Gasteiger partial charge is 0.240 e. The zero-order valence-corrected chi connectivity index (χ0v) is 15.8. The van der Waals surface area contributed by atoms with Crippen LogP contribution in [0.15, 0.2) is 48.5 Å². The first-order valence-electron chi connectivity index (χ1n) is 9.31. The molecule has 1 amide bonds. The molecule has 1 aromatic heterocycles. The number of carbonyl (C=O) groups excluding carboxylic acids is 1. The van der Waals surface area contributed by atoms with Crippen LogP contribution >= 0.6 is 11.6 Å². The summed E-state index contributed by atoms with van der Waals surface area (Å²) < 4.78 is 7.79. The van der Waals surface area contributed by atoms with Crippen molar-refractivity contribution in [2.75, 3.05) is 0 Å². The number of benzene rings is 2. The first kappa shape index (κ1) is 17.9. The van der Waals surface area contributed by atoms with Crippen molar-refractivity contribution in [2.45, 2.75) is 44.9 Å². The van der Waals surface area contributed by atoms with E-state index in [1.165, 1.54) is 12.8 Å². The molecule has 1 saturated carbocycles. The third kappa shape index (κ3) is 4.08. The summed E-state index contributed by atoms with van der Waals surface area (Å²) in [5.74, 6) is 1.33. The average molecular weight is 384 g/mol. The highest BCUT2D eigenvalue weighted by Crippen LogP contribution is 2.25. The lowest BCUT2D eigenvalue weighted by molar-refractivity contribution is -0.122. The second-order valence-electron chi connectivity index (χ2n) is 6.87. The van der Waals surface area contributed by atoms with Crippen molar-refractivity contribution in [1.82, 2.24) is 14.9 Å². The molecule has 1 aliphatic carbocycles. The predicted octanol–water partition coefficient (Wildman–Crippen LogP) is 4.33. The van der Waals surface area contributed by atoms with E-state index in [1.807, 2.05) is 47.0 Å². The number of aromatic nitrogens is 2. The first-order valence-corrected chi connectivity index (χ1v) is 9.69. The number of imidazole rings is 1. The zero-order chi connectivity index (χ0) is 18.6. The van der Waals surface area contributed by atoms with Crippen molar-refractivity contribution in [3.63, 3.8) is 0 Å². The van der Waals surface area contributed by atoms with Gasteiger partial charge in [0, 0.05) is 6.04 Å². The van der Waals surface area contributed by atoms with Crippen molar-refractivity contribution < 1.29 is 9.53 Å². The summed E-state index contributed by atoms with van der Waals surface area (Å²) in [7, 11) is 0. The van der Waals surface area contributed by atoms with Crippen LogP contribution < -0.4 is 10.1 Å². The normalized spacial score (nSPS) is 14.6. The molecular weight excluding hydrogens is 362 g/mol. The second kappa shape index (κ2) is 8.01. The Labute approximate surface area is 163 Å². The predicted molar refractivity (Wildman–Crippen MR) is 106 cm³/mol. The molecule has 140 valence electrons. The van der Waals surface area contributed by atoms with Gasteiger partial charge in [-0.05, 0) is 37.1 Å². The number of halogens is 1. The lowest BCUT2D eigenvalue weighted by Gasteiger charge is -2.14. The number of amides is 1. The molecule has 5 nitrogen and oxygen atoms in total. The Morgan fingerprint density at radius 2 is 1.89 bits per heavy atom. The average Bonchev–Trinajstić information content (AvgIpc) is 3.29. The van der Waals surface area contributed by atoms with Crippen LogP contribution in [0.3, 0.4) is 0 Å². The van der Waals surface area contributed by atoms with Gasteiger partial charge in [0.15, 0.2) is 0 Å². The van der Waals surface area contributed by atoms with Crippen molar-refractivity contribution in [3.05, 3.63) is 59.4 Å². The molecule has 0 unspecified atom stereocenters. The lowest BCUT2D eigenvalue weighted by atomic mass is 10.2. The minimum absolute atomic E-state index is 0.0176. The van der Waals surface area contributed by atoms with E-state index in [0.29, 0.717) is 22.6 Å². The van der Waals surface area contributed by atoms with E-state index in [2.05, 4.69) is 10.3 Å². The number of para-hydroxylation sites is 3. The van der Waals surface area contributed by atoms with Gasteiger partial charge in [0.25, 0.3) is 0 Å². The Bertz CT molecular complexity index is 948. The highest BCUT2D eigenvalue weighted by molar-refractivity contribution is 6.32. The largest absolute Gasteiger partial charge is 0.484 e. The van der Waals surface area contributed by atoms with Crippen LogP contribution in [-0.4, -0.2) is 21.5 Å². The molecule has 0 radical (unpaired) electrons. The fourth-order valence-electron chi connectivity index (χ4n) is 3.60. The molecule has 1 N–H and O–H groups in total. The van der Waals surface area contributed by atoms with Gasteiger partial charge in [-0.2, -0.15) is 0 Å². The Kier molecular flexibility index (Phi) is 5.30. The monoisotopic (exact) mass is 383 g/mol. The fraction of sp³-hybridized carbons (Fsp3) is 0.333. The van der Waals surface area contributed by atoms with Gasteiger partial charge < -0.3 is 14.6 Å². The van der Waals surface area contributed by atoms with Crippen molar-refractivity contribution in [1.29, 1.82) is 0 Å². The van der Waals surface area contributed by atoms with Gasteiger partial charge in [-0.3, -0.25) is 4.79 Å². The van der Waals surface area contributed by atoms with E-state index in [1.54, 1.807) is 6.07 Å². The highest BCUT2D eigenvalue weighted by Gasteiger charge is 2.19. The lowest BCUT2D eigenvalue weighted by Crippen LogP contribution is -2.35. The number of hydrogen-bond acceptors (Lipinski definition) is 3. The number of nitrogens with zero attached hydrogens (tertiary/aromatic N) is 2. The Morgan fingerprint density at radius 3 is 2.70 bits per heavy atom. The number of carbonyl (C=O) groups is 1. The summed E-state index contributed by atoms with van der Waals surface area (Å²) in [5, 5.41) is 3.70. The van der Waals surface area contributed by atoms with Gasteiger partial charge >= 0.3 is 0 Å². The van der Waals surface area contributed by atoms with Gasteiger partial charge in [0.05, 0.1) is 16.1 Å². The standard InChI is InChI=1S/C21H22ClN3O2/c22-16-9-3-6-12-19(16)27-14-20-24-17-10-4-5-11-18(17)25(20)13-21(26)23-15-7-1-2-8-15/h3-6,9-12,15H,1-2,7-8,13-14H2,(H,23,26). The zero-order valence-electron chi connectivity index (χ0n) is 15.0. The van der Waals surface area contributed by atoms with Crippen LogP contribution in [0.5, 0.6) is 5.75 Å². The van der Waals surface area contributed by atoms with Gasteiger partial charge in [0.2, 0.25) is 5.91 Å². The van der Waals surface area contributed by atoms with E-state index < -0.39 is 0 Å². The molecule has 1 fully saturated rings. The summed E-state index contributed by atoms with van der Waals surface area (Å²) in [6, 6.07) is 15.5. The highest BCUT2D eigenvalue weighted by atomic mass is 35.5. The Balaban J connectivity index is 1.55. The van der Waals surface area contributed by atoms with Crippen molar-refractivity contribution in [2.24, 2.45) is 0 Å². The maximum absolute atomic E-state index is 12.6. The SMILES string of the molecule is O=C(Cn1c(COc2ccccc2Cl)nc2ccccc21)NC1CCCC1. The van der Waals surface area contributed by atoms with Crippen LogP contribution in [-0.2, 0) is 17.9 Å². The quantitative estimate of drug-likeness (QED) is 0.689. The minimum Gasteiger partial charge on any atom is -0.484 e. The molecule has 27 heavy (non-hydrogen) atoms. The molecule has 6 heteroatoms. The van der Waals surface area contributed by atoms with Crippen LogP contribution in [0.2, 0.25) is 5.02 Å². The molecule has 0 spiro atoms. The second-order valence-corrected chi connectivity index (χ2v) is 7.28. The maximum Gasteiger partial charge on any atom is 0.240 e. The van der Waals surface area contributed by atoms with Gasteiger partial charge in [-0.15, -0.1) is 0 Å². The maximum atomic E-state index is 12.6. The molecule has 1 aliphatic rings. The Morgan fingerprint density at radius 1 is 1.15 bits per heavy atom. The summed E-state index contributed by atoms with van der Waals surface area (Å²) in [5.41, 5.74) is 1.78. The van der Waals surface area contributed by atoms with Crippen LogP contribution in [0.4, 0.5) is 0 Å². The van der Waals surface area contributed by atoms with Crippen LogP contribution in [0, 0.1) is 0 Å². The number of fused-ring (bicyclic) bond motifs is 1. The summed E-state index contributed by atoms with van der Waals surface area (Å²) >= 11 is 6.17. The number of nitrogens with one attached hydrogen (secondary N) is 1. The summed E-state index contributed by atoms with van der Waals surface area (Å²) in [4.78, 5) is 17.2. The molecule has 0 aliphatic heterocycles. The van der Waals surface area contributed by atoms with Crippen LogP contribution in [0.25, 0.3) is 11.0 Å². The van der Waals surface area contributed by atoms with Gasteiger partial charge in [-0.25, -0.2) is 4.98 Å². The molecular formula is C21H22ClN3O2. The van der Waals surface area contributed by atoms with E-state index in [0.717, 1.165) is 23.9 Å². The topological polar surface area (TPSA) is 56.2 Å². The molecule has 4 rings (SSSR count). The fourth-order valence-corrected chi connectivity index (χ4v) is 3.79. The van der Waals surface area contributed by atoms with E-state index in [-0.39, 0.29) is 19.1 Å². The molecule has 2 aromatic carbocycles. The van der Waals surface area contributed by atoms with Crippen molar-refractivity contribution >= 4 is 28.5 Å². The van der Waals surface area contributed by atoms with E-state index >= 15 is 0 Å². The molecule has 3 aromatic rings. The molecule has 0 atom stereocenters. The van der Waals surface area contributed by atoms with E-state index in [4.69, 9.17) is 16.3 Å². The van der Waals surface area contributed by atoms with Crippen LogP contribution in [0.1, 0.15) is 31.5 Å². The summed E-state index contributed by atoms with van der Waals surface area (Å²) in [6.45, 7) is 0.480. The Hall–Kier alpha value is -2.53. The van der Waals surface area contributed by atoms with Gasteiger partial charge in [-0.1, -0.05) is 48.7 Å². The third-order valence-electron chi connectivity index (χ3n) is 4.95. The van der Waals surface area contributed by atoms with Crippen molar-refractivity contribution in [3.8, 4) is 5.75 Å². The molecule has 0 saturated heterocycles. The van der Waals surface area contributed by atoms with E-state index in [9.17, 15) is 4.79 Å². The first-order chi connectivity index (χ1) is 13.2. The summed E-state index contributed by atoms with van der Waals surface area (Å²) in [6.07, 6.45) is 4.52. The third-order valence-corrected chi connectivity index (χ3v) is 5.26.